The van der Waals surface area contributed by atoms with Gasteiger partial charge in [-0.3, -0.25) is 24.0 Å². The molecule has 35 heavy (non-hydrogen) atoms. The lowest BCUT2D eigenvalue weighted by molar-refractivity contribution is -0.145. The fourth-order valence-corrected chi connectivity index (χ4v) is 5.31. The normalized spacial score (nSPS) is 24.1. The van der Waals surface area contributed by atoms with Gasteiger partial charge in [-0.2, -0.15) is 0 Å². The third-order valence-corrected chi connectivity index (χ3v) is 7.70. The Kier molecular flexibility index (Phi) is 8.94. The Balaban J connectivity index is 1.82. The molecule has 0 aromatic carbocycles. The van der Waals surface area contributed by atoms with Crippen molar-refractivity contribution in [1.29, 1.82) is 0 Å². The average molecular weight is 491 g/mol. The maximum atomic E-state index is 13.8. The van der Waals surface area contributed by atoms with Crippen LogP contribution in [0, 0.1) is 29.6 Å². The van der Waals surface area contributed by atoms with Crippen LogP contribution in [0.2, 0.25) is 0 Å². The summed E-state index contributed by atoms with van der Waals surface area (Å²) in [6, 6.07) is -2.36. The summed E-state index contributed by atoms with van der Waals surface area (Å²) in [5.74, 6) is -2.30. The zero-order valence-electron chi connectivity index (χ0n) is 21.5. The number of nitrogens with zero attached hydrogens (tertiary/aromatic N) is 1. The predicted molar refractivity (Wildman–Crippen MR) is 131 cm³/mol. The van der Waals surface area contributed by atoms with Gasteiger partial charge in [0.2, 0.25) is 23.5 Å². The number of carbonyl (C=O) groups is 5. The Labute approximate surface area is 208 Å². The molecule has 1 heterocycles. The lowest BCUT2D eigenvalue weighted by Gasteiger charge is -2.38. The van der Waals surface area contributed by atoms with Crippen molar-refractivity contribution in [2.24, 2.45) is 35.3 Å². The maximum absolute atomic E-state index is 13.8. The summed E-state index contributed by atoms with van der Waals surface area (Å²) >= 11 is 0. The van der Waals surface area contributed by atoms with Gasteiger partial charge in [0.05, 0.1) is 6.04 Å². The summed E-state index contributed by atoms with van der Waals surface area (Å²) in [6.45, 7) is 8.15. The molecular formula is C26H42N4O5. The number of nitrogens with one attached hydrogen (secondary N) is 2. The number of likely N-dealkylation sites (tertiary alicyclic amines) is 1. The second-order valence-corrected chi connectivity index (χ2v) is 11.5. The molecule has 4 N–H and O–H groups in total. The Bertz CT molecular complexity index is 834. The van der Waals surface area contributed by atoms with Crippen LogP contribution in [0.1, 0.15) is 79.1 Å². The van der Waals surface area contributed by atoms with Crippen molar-refractivity contribution < 1.29 is 24.0 Å². The number of amides is 4. The molecular weight excluding hydrogens is 448 g/mol. The second-order valence-electron chi connectivity index (χ2n) is 11.5. The van der Waals surface area contributed by atoms with E-state index in [0.717, 1.165) is 38.5 Å². The van der Waals surface area contributed by atoms with Gasteiger partial charge >= 0.3 is 0 Å². The predicted octanol–water partition coefficient (Wildman–Crippen LogP) is 1.53. The van der Waals surface area contributed by atoms with E-state index in [9.17, 15) is 24.0 Å². The van der Waals surface area contributed by atoms with E-state index in [1.807, 2.05) is 0 Å². The topological polar surface area (TPSA) is 139 Å². The van der Waals surface area contributed by atoms with Crippen LogP contribution in [0.25, 0.3) is 0 Å². The number of rotatable bonds is 12. The highest BCUT2D eigenvalue weighted by atomic mass is 16.2. The smallest absolute Gasteiger partial charge is 0.287 e. The fourth-order valence-electron chi connectivity index (χ4n) is 5.31. The molecule has 0 spiro atoms. The molecule has 1 unspecified atom stereocenters. The highest BCUT2D eigenvalue weighted by Gasteiger charge is 2.47. The zero-order chi connectivity index (χ0) is 25.9. The van der Waals surface area contributed by atoms with E-state index in [1.54, 1.807) is 18.7 Å². The van der Waals surface area contributed by atoms with Crippen molar-refractivity contribution in [3.8, 4) is 0 Å². The van der Waals surface area contributed by atoms with Gasteiger partial charge in [-0.05, 0) is 55.8 Å². The molecule has 0 radical (unpaired) electrons. The van der Waals surface area contributed by atoms with Gasteiger partial charge in [0, 0.05) is 12.5 Å². The number of carbonyl (C=O) groups excluding carboxylic acids is 5. The van der Waals surface area contributed by atoms with Gasteiger partial charge < -0.3 is 21.3 Å². The van der Waals surface area contributed by atoms with Crippen LogP contribution in [0.4, 0.5) is 0 Å². The van der Waals surface area contributed by atoms with Gasteiger partial charge in [0.25, 0.3) is 5.91 Å². The van der Waals surface area contributed by atoms with Gasteiger partial charge in [-0.1, -0.05) is 47.0 Å². The Morgan fingerprint density at radius 3 is 2.06 bits per heavy atom. The van der Waals surface area contributed by atoms with E-state index in [-0.39, 0.29) is 29.6 Å². The minimum Gasteiger partial charge on any atom is -0.363 e. The summed E-state index contributed by atoms with van der Waals surface area (Å²) in [4.78, 5) is 65.5. The third-order valence-electron chi connectivity index (χ3n) is 7.70. The first kappa shape index (κ1) is 27.1. The van der Waals surface area contributed by atoms with Crippen LogP contribution in [0.15, 0.2) is 0 Å². The van der Waals surface area contributed by atoms with Crippen molar-refractivity contribution in [2.45, 2.75) is 97.2 Å². The summed E-state index contributed by atoms with van der Waals surface area (Å²) in [5.41, 5.74) is 5.25. The number of hydrogen-bond donors (Lipinski definition) is 3. The molecule has 0 bridgehead atoms. The molecule has 3 fully saturated rings. The molecule has 0 aromatic rings. The summed E-state index contributed by atoms with van der Waals surface area (Å²) in [5, 5.41) is 5.73. The van der Waals surface area contributed by atoms with Crippen LogP contribution < -0.4 is 16.4 Å². The first-order valence-electron chi connectivity index (χ1n) is 13.2. The largest absolute Gasteiger partial charge is 0.363 e. The van der Waals surface area contributed by atoms with Crippen molar-refractivity contribution in [2.75, 3.05) is 6.54 Å². The summed E-state index contributed by atoms with van der Waals surface area (Å²) in [7, 11) is 0. The van der Waals surface area contributed by atoms with E-state index in [1.165, 1.54) is 0 Å². The average Bonchev–Trinajstić information content (AvgIpc) is 3.47. The van der Waals surface area contributed by atoms with Crippen LogP contribution in [-0.4, -0.2) is 59.0 Å². The van der Waals surface area contributed by atoms with Gasteiger partial charge in [-0.25, -0.2) is 0 Å². The monoisotopic (exact) mass is 490 g/mol. The molecule has 1 aliphatic heterocycles. The van der Waals surface area contributed by atoms with E-state index in [0.29, 0.717) is 31.2 Å². The first-order valence-corrected chi connectivity index (χ1v) is 13.2. The molecule has 3 rings (SSSR count). The zero-order valence-corrected chi connectivity index (χ0v) is 21.5. The van der Waals surface area contributed by atoms with Crippen LogP contribution in [0.3, 0.4) is 0 Å². The molecule has 2 saturated carbocycles. The Morgan fingerprint density at radius 2 is 1.57 bits per heavy atom. The molecule has 9 heteroatoms. The summed E-state index contributed by atoms with van der Waals surface area (Å²) < 4.78 is 0. The lowest BCUT2D eigenvalue weighted by atomic mass is 9.78. The molecule has 4 atom stereocenters. The van der Waals surface area contributed by atoms with Gasteiger partial charge in [0.1, 0.15) is 12.1 Å². The minimum atomic E-state index is -1.06. The van der Waals surface area contributed by atoms with Crippen LogP contribution in [0.5, 0.6) is 0 Å². The maximum Gasteiger partial charge on any atom is 0.287 e. The molecule has 0 aromatic heterocycles. The van der Waals surface area contributed by atoms with Crippen molar-refractivity contribution in [1.82, 2.24) is 15.5 Å². The van der Waals surface area contributed by atoms with Crippen molar-refractivity contribution >= 4 is 29.4 Å². The first-order chi connectivity index (χ1) is 16.5. The van der Waals surface area contributed by atoms with E-state index >= 15 is 0 Å². The van der Waals surface area contributed by atoms with E-state index in [4.69, 9.17) is 5.73 Å². The minimum absolute atomic E-state index is 0.0629. The molecule has 4 amide bonds. The molecule has 9 nitrogen and oxygen atoms in total. The fraction of sp³-hybridized carbons (Fsp3) is 0.808. The van der Waals surface area contributed by atoms with E-state index in [2.05, 4.69) is 24.5 Å². The number of primary amides is 1. The van der Waals surface area contributed by atoms with Crippen LogP contribution >= 0.6 is 0 Å². The molecule has 3 aliphatic rings. The molecule has 2 aliphatic carbocycles. The van der Waals surface area contributed by atoms with Gasteiger partial charge in [-0.15, -0.1) is 0 Å². The highest BCUT2D eigenvalue weighted by molar-refractivity contribution is 6.37. The standard InChI is InChI=1S/C26H42N4O5/c1-14(2)12-18-10-11-30(26(35)20(17-6-5-7-17)29-24(33)15(3)4)21(18)25(34)28-19(13-16-8-9-16)22(31)23(27)32/h14-21H,5-13H2,1-4H3,(H2,27,32)(H,28,34)(H,29,33)/t18-,19?,20+,21+/m1/s1. The van der Waals surface area contributed by atoms with Gasteiger partial charge in [0.15, 0.2) is 0 Å². The highest BCUT2D eigenvalue weighted by Crippen LogP contribution is 2.36. The number of nitrogens with two attached hydrogens (primary N) is 1. The second kappa shape index (κ2) is 11.5. The third kappa shape index (κ3) is 6.82. The quantitative estimate of drug-likeness (QED) is 0.356. The summed E-state index contributed by atoms with van der Waals surface area (Å²) in [6.07, 6.45) is 6.49. The van der Waals surface area contributed by atoms with Crippen molar-refractivity contribution in [3.63, 3.8) is 0 Å². The van der Waals surface area contributed by atoms with E-state index < -0.39 is 35.7 Å². The lowest BCUT2D eigenvalue weighted by Crippen LogP contribution is -2.59. The Morgan fingerprint density at radius 1 is 0.914 bits per heavy atom. The number of hydrogen-bond acceptors (Lipinski definition) is 5. The SMILES string of the molecule is CC(C)C[C@H]1CCN(C(=O)[C@@H](NC(=O)C(C)C)C2CCC2)[C@@H]1C(=O)NC(CC1CC1)C(=O)C(N)=O. The number of Topliss-reactive ketones (excluding diaryl/α,β-unsaturated/α-hetero) is 1. The Hall–Kier alpha value is -2.45. The number of ketones is 1. The van der Waals surface area contributed by atoms with Crippen LogP contribution in [-0.2, 0) is 24.0 Å². The molecule has 1 saturated heterocycles. The van der Waals surface area contributed by atoms with Crippen molar-refractivity contribution in [3.05, 3.63) is 0 Å². The molecule has 196 valence electrons.